The number of ether oxygens (including phenoxy) is 2. The van der Waals surface area contributed by atoms with E-state index in [9.17, 15) is 4.79 Å². The Morgan fingerprint density at radius 3 is 2.60 bits per heavy atom. The second kappa shape index (κ2) is 8.70. The van der Waals surface area contributed by atoms with Crippen molar-refractivity contribution in [1.82, 2.24) is 4.90 Å². The molecule has 0 aromatic heterocycles. The van der Waals surface area contributed by atoms with Crippen molar-refractivity contribution in [1.29, 1.82) is 0 Å². The van der Waals surface area contributed by atoms with Crippen LogP contribution in [-0.2, 0) is 14.9 Å². The van der Waals surface area contributed by atoms with E-state index in [1.54, 1.807) is 7.11 Å². The second-order valence-electron chi connectivity index (χ2n) is 7.33. The van der Waals surface area contributed by atoms with Gasteiger partial charge in [0, 0.05) is 37.1 Å². The van der Waals surface area contributed by atoms with Gasteiger partial charge in [0.1, 0.15) is 5.75 Å². The molecular formula is C21H33NO3. The lowest BCUT2D eigenvalue weighted by Crippen LogP contribution is -2.45. The van der Waals surface area contributed by atoms with E-state index in [1.807, 2.05) is 36.9 Å². The smallest absolute Gasteiger partial charge is 0.223 e. The molecule has 1 heterocycles. The number of methoxy groups -OCH3 is 1. The zero-order valence-corrected chi connectivity index (χ0v) is 16.4. The van der Waals surface area contributed by atoms with E-state index in [-0.39, 0.29) is 17.4 Å². The normalized spacial score (nSPS) is 23.5. The van der Waals surface area contributed by atoms with Gasteiger partial charge in [-0.3, -0.25) is 4.79 Å². The Bertz CT molecular complexity index is 568. The van der Waals surface area contributed by atoms with Gasteiger partial charge in [0.25, 0.3) is 0 Å². The topological polar surface area (TPSA) is 38.8 Å². The summed E-state index contributed by atoms with van der Waals surface area (Å²) in [7, 11) is 1.71. The van der Waals surface area contributed by atoms with Gasteiger partial charge in [-0.15, -0.1) is 0 Å². The van der Waals surface area contributed by atoms with Gasteiger partial charge in [0.15, 0.2) is 0 Å². The van der Waals surface area contributed by atoms with Gasteiger partial charge in [-0.25, -0.2) is 0 Å². The number of amides is 1. The van der Waals surface area contributed by atoms with Crippen LogP contribution in [0.3, 0.4) is 0 Å². The van der Waals surface area contributed by atoms with E-state index in [0.717, 1.165) is 37.2 Å². The molecule has 2 atom stereocenters. The predicted molar refractivity (Wildman–Crippen MR) is 101 cm³/mol. The molecule has 25 heavy (non-hydrogen) atoms. The van der Waals surface area contributed by atoms with Gasteiger partial charge in [-0.1, -0.05) is 32.0 Å². The fourth-order valence-electron chi connectivity index (χ4n) is 3.94. The summed E-state index contributed by atoms with van der Waals surface area (Å²) in [6, 6.07) is 8.15. The van der Waals surface area contributed by atoms with Gasteiger partial charge in [0.05, 0.1) is 13.2 Å². The Balaban J connectivity index is 2.42. The Kier molecular flexibility index (Phi) is 6.88. The summed E-state index contributed by atoms with van der Waals surface area (Å²) in [5, 5.41) is 0. The van der Waals surface area contributed by atoms with Crippen LogP contribution in [0.1, 0.15) is 52.5 Å². The minimum Gasteiger partial charge on any atom is -0.496 e. The van der Waals surface area contributed by atoms with E-state index < -0.39 is 0 Å². The molecule has 1 fully saturated rings. The molecule has 2 rings (SSSR count). The number of hydrogen-bond acceptors (Lipinski definition) is 3. The highest BCUT2D eigenvalue weighted by Gasteiger charge is 2.43. The lowest BCUT2D eigenvalue weighted by molar-refractivity contribution is -0.134. The minimum atomic E-state index is -0.223. The summed E-state index contributed by atoms with van der Waals surface area (Å²) in [5.41, 5.74) is 0.923. The Morgan fingerprint density at radius 1 is 1.32 bits per heavy atom. The first-order chi connectivity index (χ1) is 12.0. The number of para-hydroxylation sites is 1. The second-order valence-corrected chi connectivity index (χ2v) is 7.33. The molecule has 0 unspecified atom stereocenters. The first-order valence-corrected chi connectivity index (χ1v) is 9.50. The van der Waals surface area contributed by atoms with E-state index in [0.29, 0.717) is 18.9 Å². The summed E-state index contributed by atoms with van der Waals surface area (Å²) in [6.07, 6.45) is 2.40. The van der Waals surface area contributed by atoms with Crippen molar-refractivity contribution in [2.45, 2.75) is 58.5 Å². The van der Waals surface area contributed by atoms with Crippen molar-refractivity contribution in [3.05, 3.63) is 29.8 Å². The van der Waals surface area contributed by atoms with Gasteiger partial charge in [-0.05, 0) is 38.7 Å². The van der Waals surface area contributed by atoms with Gasteiger partial charge in [-0.2, -0.15) is 0 Å². The van der Waals surface area contributed by atoms with Crippen LogP contribution in [0.25, 0.3) is 0 Å². The molecule has 0 aliphatic carbocycles. The summed E-state index contributed by atoms with van der Waals surface area (Å²) < 4.78 is 11.7. The lowest BCUT2D eigenvalue weighted by atomic mass is 9.68. The molecule has 1 amide bonds. The maximum absolute atomic E-state index is 13.0. The summed E-state index contributed by atoms with van der Waals surface area (Å²) >= 11 is 0. The summed E-state index contributed by atoms with van der Waals surface area (Å²) in [5.74, 6) is 1.53. The van der Waals surface area contributed by atoms with Crippen molar-refractivity contribution in [2.24, 2.45) is 5.92 Å². The molecule has 4 heteroatoms. The highest BCUT2D eigenvalue weighted by molar-refractivity contribution is 5.78. The third-order valence-electron chi connectivity index (χ3n) is 5.53. The highest BCUT2D eigenvalue weighted by atomic mass is 16.5. The molecule has 0 saturated carbocycles. The molecule has 0 spiro atoms. The summed E-state index contributed by atoms with van der Waals surface area (Å²) in [4.78, 5) is 14.9. The van der Waals surface area contributed by atoms with E-state index in [2.05, 4.69) is 19.9 Å². The molecule has 1 saturated heterocycles. The average molecular weight is 347 g/mol. The number of nitrogens with zero attached hydrogens (tertiary/aromatic N) is 1. The molecule has 1 aliphatic rings. The fourth-order valence-corrected chi connectivity index (χ4v) is 3.94. The Labute approximate surface area is 152 Å². The van der Waals surface area contributed by atoms with Crippen LogP contribution in [0.15, 0.2) is 24.3 Å². The van der Waals surface area contributed by atoms with Crippen LogP contribution < -0.4 is 4.74 Å². The predicted octanol–water partition coefficient (Wildman–Crippen LogP) is 4.03. The molecule has 0 radical (unpaired) electrons. The van der Waals surface area contributed by atoms with Crippen LogP contribution in [-0.4, -0.2) is 43.7 Å². The third-order valence-corrected chi connectivity index (χ3v) is 5.53. The van der Waals surface area contributed by atoms with Crippen molar-refractivity contribution in [3.8, 4) is 5.75 Å². The molecule has 0 N–H and O–H groups in total. The molecule has 0 bridgehead atoms. The first kappa shape index (κ1) is 19.8. The fraction of sp³-hybridized carbons (Fsp3) is 0.667. The van der Waals surface area contributed by atoms with Crippen molar-refractivity contribution >= 4 is 5.91 Å². The number of hydrogen-bond donors (Lipinski definition) is 0. The zero-order valence-electron chi connectivity index (χ0n) is 16.4. The van der Waals surface area contributed by atoms with Gasteiger partial charge in [0.2, 0.25) is 5.91 Å². The number of carbonyl (C=O) groups excluding carboxylic acids is 1. The Morgan fingerprint density at radius 2 is 2.00 bits per heavy atom. The molecule has 140 valence electrons. The monoisotopic (exact) mass is 347 g/mol. The molecule has 1 aliphatic heterocycles. The number of benzene rings is 1. The quantitative estimate of drug-likeness (QED) is 0.747. The number of rotatable bonds is 7. The van der Waals surface area contributed by atoms with Crippen LogP contribution in [0, 0.1) is 5.92 Å². The van der Waals surface area contributed by atoms with Crippen LogP contribution in [0.4, 0.5) is 0 Å². The van der Waals surface area contributed by atoms with E-state index in [4.69, 9.17) is 9.47 Å². The SMILES string of the molecule is CCN(CC)C(=O)C[C@@]1(c2ccccc2OC)CCO[C@@H](C(C)C)C1. The molecule has 1 aromatic rings. The van der Waals surface area contributed by atoms with Crippen molar-refractivity contribution < 1.29 is 14.3 Å². The van der Waals surface area contributed by atoms with Crippen LogP contribution in [0.2, 0.25) is 0 Å². The van der Waals surface area contributed by atoms with Gasteiger partial charge >= 0.3 is 0 Å². The minimum absolute atomic E-state index is 0.170. The van der Waals surface area contributed by atoms with Crippen LogP contribution >= 0.6 is 0 Å². The average Bonchev–Trinajstić information content (AvgIpc) is 2.62. The Hall–Kier alpha value is -1.55. The van der Waals surface area contributed by atoms with Crippen LogP contribution in [0.5, 0.6) is 5.75 Å². The maximum Gasteiger partial charge on any atom is 0.223 e. The maximum atomic E-state index is 13.0. The zero-order chi connectivity index (χ0) is 18.4. The van der Waals surface area contributed by atoms with E-state index >= 15 is 0 Å². The number of carbonyl (C=O) groups is 1. The molecule has 1 aromatic carbocycles. The third kappa shape index (κ3) is 4.35. The summed E-state index contributed by atoms with van der Waals surface area (Å²) in [6.45, 7) is 10.6. The van der Waals surface area contributed by atoms with Crippen molar-refractivity contribution in [3.63, 3.8) is 0 Å². The largest absolute Gasteiger partial charge is 0.496 e. The molecule has 4 nitrogen and oxygen atoms in total. The first-order valence-electron chi connectivity index (χ1n) is 9.50. The highest BCUT2D eigenvalue weighted by Crippen LogP contribution is 2.45. The van der Waals surface area contributed by atoms with Crippen molar-refractivity contribution in [2.75, 3.05) is 26.8 Å². The van der Waals surface area contributed by atoms with E-state index in [1.165, 1.54) is 0 Å². The molecular weight excluding hydrogens is 314 g/mol. The lowest BCUT2D eigenvalue weighted by Gasteiger charge is -2.43. The van der Waals surface area contributed by atoms with Gasteiger partial charge < -0.3 is 14.4 Å². The standard InChI is InChI=1S/C21H33NO3/c1-6-22(7-2)20(23)15-21(12-13-25-19(14-21)16(3)4)17-10-8-9-11-18(17)24-5/h8-11,16,19H,6-7,12-15H2,1-5H3/t19-,21-/m1/s1.